The van der Waals surface area contributed by atoms with Crippen molar-refractivity contribution in [1.82, 2.24) is 9.80 Å². The SMILES string of the molecule is CC1=Nc2ccc(-c3ccc(C#N)cc3)cc2CC(C(=O)N2CCCC2CN2CCCC2)=C1.CCC(C)c1cccc2ccccc12. The summed E-state index contributed by atoms with van der Waals surface area (Å²) in [4.78, 5) is 23.1. The highest BCUT2D eigenvalue weighted by Gasteiger charge is 2.33. The number of fused-ring (bicyclic) bond motifs is 2. The second kappa shape index (κ2) is 14.9. The molecule has 0 N–H and O–H groups in total. The van der Waals surface area contributed by atoms with Crippen molar-refractivity contribution in [3.8, 4) is 17.2 Å². The van der Waals surface area contributed by atoms with Crippen molar-refractivity contribution >= 4 is 28.1 Å². The topological polar surface area (TPSA) is 59.7 Å². The van der Waals surface area contributed by atoms with Crippen LogP contribution in [0.2, 0.25) is 0 Å². The van der Waals surface area contributed by atoms with Crippen LogP contribution in [0.25, 0.3) is 21.9 Å². The van der Waals surface area contributed by atoms with Crippen LogP contribution in [0.4, 0.5) is 5.69 Å². The Bertz CT molecular complexity index is 1820. The van der Waals surface area contributed by atoms with Crippen LogP contribution in [0, 0.1) is 11.3 Å². The molecule has 2 atom stereocenters. The lowest BCUT2D eigenvalue weighted by molar-refractivity contribution is -0.128. The fraction of sp³-hybridized carbons (Fsp3) is 0.357. The summed E-state index contributed by atoms with van der Waals surface area (Å²) in [5.41, 5.74) is 7.97. The highest BCUT2D eigenvalue weighted by molar-refractivity contribution is 6.05. The van der Waals surface area contributed by atoms with Gasteiger partial charge in [0.2, 0.25) is 5.91 Å². The molecule has 4 aromatic rings. The molecule has 3 aliphatic heterocycles. The zero-order chi connectivity index (χ0) is 32.8. The summed E-state index contributed by atoms with van der Waals surface area (Å²) in [5, 5.41) is 11.8. The van der Waals surface area contributed by atoms with Crippen LogP contribution in [-0.2, 0) is 11.2 Å². The summed E-state index contributed by atoms with van der Waals surface area (Å²) in [6.07, 6.45) is 8.51. The second-order valence-electron chi connectivity index (χ2n) is 13.3. The molecule has 3 aliphatic rings. The van der Waals surface area contributed by atoms with Gasteiger partial charge in [0, 0.05) is 36.8 Å². The predicted octanol–water partition coefficient (Wildman–Crippen LogP) is 9.24. The molecule has 2 saturated heterocycles. The monoisotopic (exact) mass is 622 g/mol. The van der Waals surface area contributed by atoms with E-state index in [0.29, 0.717) is 23.9 Å². The minimum Gasteiger partial charge on any atom is -0.335 e. The first kappa shape index (κ1) is 32.4. The summed E-state index contributed by atoms with van der Waals surface area (Å²) in [7, 11) is 0. The molecule has 0 aromatic heterocycles. The lowest BCUT2D eigenvalue weighted by Crippen LogP contribution is -2.43. The first-order valence-electron chi connectivity index (χ1n) is 17.3. The highest BCUT2D eigenvalue weighted by atomic mass is 16.2. The lowest BCUT2D eigenvalue weighted by atomic mass is 9.93. The van der Waals surface area contributed by atoms with E-state index in [1.807, 2.05) is 43.3 Å². The van der Waals surface area contributed by atoms with Crippen molar-refractivity contribution in [3.05, 3.63) is 113 Å². The molecule has 7 rings (SSSR count). The number of nitrogens with zero attached hydrogens (tertiary/aromatic N) is 4. The van der Waals surface area contributed by atoms with Gasteiger partial charge in [0.1, 0.15) is 0 Å². The Labute approximate surface area is 280 Å². The van der Waals surface area contributed by atoms with Gasteiger partial charge in [-0.05, 0) is 121 Å². The van der Waals surface area contributed by atoms with Gasteiger partial charge in [-0.1, -0.05) is 74.5 Å². The number of hydrogen-bond acceptors (Lipinski definition) is 4. The van der Waals surface area contributed by atoms with Gasteiger partial charge in [-0.25, -0.2) is 0 Å². The largest absolute Gasteiger partial charge is 0.335 e. The van der Waals surface area contributed by atoms with Crippen LogP contribution in [0.1, 0.15) is 75.5 Å². The third-order valence-electron chi connectivity index (χ3n) is 10.0. The molecule has 5 heteroatoms. The Morgan fingerprint density at radius 3 is 2.45 bits per heavy atom. The number of allylic oxidation sites excluding steroid dienone is 1. The second-order valence-corrected chi connectivity index (χ2v) is 13.3. The van der Waals surface area contributed by atoms with E-state index in [2.05, 4.69) is 84.3 Å². The van der Waals surface area contributed by atoms with E-state index < -0.39 is 0 Å². The number of carbonyl (C=O) groups excluding carboxylic acids is 1. The molecule has 0 spiro atoms. The van der Waals surface area contributed by atoms with E-state index in [-0.39, 0.29) is 5.91 Å². The van der Waals surface area contributed by atoms with E-state index in [4.69, 9.17) is 10.3 Å². The van der Waals surface area contributed by atoms with Gasteiger partial charge in [0.15, 0.2) is 0 Å². The quantitative estimate of drug-likeness (QED) is 0.215. The first-order chi connectivity index (χ1) is 22.9. The molecule has 4 aromatic carbocycles. The van der Waals surface area contributed by atoms with Crippen molar-refractivity contribution in [2.24, 2.45) is 4.99 Å². The van der Waals surface area contributed by atoms with E-state index >= 15 is 0 Å². The Hall–Kier alpha value is -4.53. The molecule has 2 fully saturated rings. The zero-order valence-electron chi connectivity index (χ0n) is 28.1. The molecule has 47 heavy (non-hydrogen) atoms. The molecule has 5 nitrogen and oxygen atoms in total. The van der Waals surface area contributed by atoms with Gasteiger partial charge in [-0.15, -0.1) is 0 Å². The van der Waals surface area contributed by atoms with Gasteiger partial charge in [-0.3, -0.25) is 9.79 Å². The van der Waals surface area contributed by atoms with E-state index in [9.17, 15) is 4.79 Å². The molecule has 0 saturated carbocycles. The molecule has 0 radical (unpaired) electrons. The third kappa shape index (κ3) is 7.56. The van der Waals surface area contributed by atoms with Crippen molar-refractivity contribution < 1.29 is 4.79 Å². The number of benzene rings is 4. The van der Waals surface area contributed by atoms with Gasteiger partial charge < -0.3 is 9.80 Å². The number of aliphatic imine (C=N–C) groups is 1. The number of likely N-dealkylation sites (tertiary alicyclic amines) is 2. The molecule has 3 heterocycles. The summed E-state index contributed by atoms with van der Waals surface area (Å²) < 4.78 is 0. The molecule has 2 unspecified atom stereocenters. The Morgan fingerprint density at radius 2 is 1.68 bits per heavy atom. The van der Waals surface area contributed by atoms with Crippen LogP contribution >= 0.6 is 0 Å². The standard InChI is InChI=1S/C28H30N4O.C14H16/c1-20-15-25(28(33)32-14-4-5-26(32)19-31-12-2-3-13-31)17-24-16-23(10-11-27(24)30-20)22-8-6-21(18-29)7-9-22;1-3-11(2)13-10-6-8-12-7-4-5-9-14(12)13/h6-11,15-16,26H,2-5,12-14,17,19H2,1H3;4-11H,3H2,1-2H3. The number of amides is 1. The Morgan fingerprint density at radius 1 is 0.936 bits per heavy atom. The number of hydrogen-bond donors (Lipinski definition) is 0. The van der Waals surface area contributed by atoms with Gasteiger partial charge in [0.05, 0.1) is 17.3 Å². The van der Waals surface area contributed by atoms with Crippen molar-refractivity contribution in [2.75, 3.05) is 26.2 Å². The van der Waals surface area contributed by atoms with E-state index in [1.165, 1.54) is 48.7 Å². The molecular weight excluding hydrogens is 576 g/mol. The Kier molecular flexibility index (Phi) is 10.3. The molecule has 0 bridgehead atoms. The maximum absolute atomic E-state index is 13.7. The first-order valence-corrected chi connectivity index (χ1v) is 17.3. The fourth-order valence-electron chi connectivity index (χ4n) is 7.26. The minimum atomic E-state index is 0.169. The minimum absolute atomic E-state index is 0.169. The molecular formula is C42H46N4O. The number of carbonyl (C=O) groups is 1. The highest BCUT2D eigenvalue weighted by Crippen LogP contribution is 2.33. The van der Waals surface area contributed by atoms with Crippen LogP contribution in [0.5, 0.6) is 0 Å². The van der Waals surface area contributed by atoms with E-state index in [1.54, 1.807) is 0 Å². The number of rotatable bonds is 6. The maximum Gasteiger partial charge on any atom is 0.250 e. The fourth-order valence-corrected chi connectivity index (χ4v) is 7.26. The summed E-state index contributed by atoms with van der Waals surface area (Å²) in [6.45, 7) is 10.7. The van der Waals surface area contributed by atoms with Crippen molar-refractivity contribution in [2.45, 2.75) is 71.3 Å². The van der Waals surface area contributed by atoms with Crippen LogP contribution in [0.3, 0.4) is 0 Å². The van der Waals surface area contributed by atoms with Gasteiger partial charge in [-0.2, -0.15) is 5.26 Å². The molecule has 0 aliphatic carbocycles. The normalized spacial score (nSPS) is 18.3. The van der Waals surface area contributed by atoms with Crippen molar-refractivity contribution in [3.63, 3.8) is 0 Å². The van der Waals surface area contributed by atoms with Crippen LogP contribution in [-0.4, -0.2) is 53.6 Å². The predicted molar refractivity (Wildman–Crippen MR) is 194 cm³/mol. The smallest absolute Gasteiger partial charge is 0.250 e. The van der Waals surface area contributed by atoms with Crippen molar-refractivity contribution in [1.29, 1.82) is 5.26 Å². The maximum atomic E-state index is 13.7. The van der Waals surface area contributed by atoms with Crippen LogP contribution in [0.15, 0.2) is 102 Å². The summed E-state index contributed by atoms with van der Waals surface area (Å²) >= 11 is 0. The van der Waals surface area contributed by atoms with Gasteiger partial charge in [0.25, 0.3) is 0 Å². The van der Waals surface area contributed by atoms with Crippen LogP contribution < -0.4 is 0 Å². The van der Waals surface area contributed by atoms with E-state index in [0.717, 1.165) is 59.6 Å². The molecule has 240 valence electrons. The summed E-state index contributed by atoms with van der Waals surface area (Å²) in [6, 6.07) is 31.6. The summed E-state index contributed by atoms with van der Waals surface area (Å²) in [5.74, 6) is 0.823. The lowest BCUT2D eigenvalue weighted by Gasteiger charge is -2.29. The average Bonchev–Trinajstić information content (AvgIpc) is 3.77. The molecule has 1 amide bonds. The Balaban J connectivity index is 0.000000230. The average molecular weight is 623 g/mol. The third-order valence-corrected chi connectivity index (χ3v) is 10.0. The number of nitriles is 1. The zero-order valence-corrected chi connectivity index (χ0v) is 28.1. The van der Waals surface area contributed by atoms with Gasteiger partial charge >= 0.3 is 0 Å².